The van der Waals surface area contributed by atoms with Crippen LogP contribution in [-0.2, 0) is 0 Å². The Hall–Kier alpha value is -2.30. The Kier molecular flexibility index (Phi) is 1.68. The molecule has 3 rings (SSSR count). The molecule has 1 aromatic heterocycles. The number of rotatable bonds is 1. The average Bonchev–Trinajstić information content (AvgIpc) is 2.82. The van der Waals surface area contributed by atoms with Crippen LogP contribution in [0.25, 0.3) is 6.20 Å². The summed E-state index contributed by atoms with van der Waals surface area (Å²) < 4.78 is 1.80. The summed E-state index contributed by atoms with van der Waals surface area (Å²) in [6, 6.07) is 7.93. The number of aromatic nitrogens is 2. The first-order valence-electron chi connectivity index (χ1n) is 4.61. The van der Waals surface area contributed by atoms with Gasteiger partial charge in [0.05, 0.1) is 11.6 Å². The molecule has 2 heterocycles. The lowest BCUT2D eigenvalue weighted by Gasteiger charge is -2.21. The van der Waals surface area contributed by atoms with Gasteiger partial charge in [0.25, 0.3) is 0 Å². The molecule has 0 radical (unpaired) electrons. The van der Waals surface area contributed by atoms with Crippen LogP contribution in [0.4, 0.5) is 0 Å². The number of hydrazine groups is 1. The fourth-order valence-electron chi connectivity index (χ4n) is 1.46. The molecule has 1 aliphatic heterocycles. The van der Waals surface area contributed by atoms with Crippen molar-refractivity contribution in [2.45, 2.75) is 0 Å². The third-order valence-corrected chi connectivity index (χ3v) is 2.21. The van der Waals surface area contributed by atoms with Crippen LogP contribution in [0, 0.1) is 0 Å². The van der Waals surface area contributed by atoms with E-state index in [0.29, 0.717) is 0 Å². The summed E-state index contributed by atoms with van der Waals surface area (Å²) in [4.78, 5) is 3.97. The molecule has 0 aliphatic carbocycles. The molecular formula is C10H9N5. The molecule has 0 bridgehead atoms. The van der Waals surface area contributed by atoms with Crippen LogP contribution in [0.1, 0.15) is 0 Å². The maximum Gasteiger partial charge on any atom is 0.116 e. The lowest BCUT2D eigenvalue weighted by Crippen LogP contribution is -2.47. The number of hydrogen-bond donors (Lipinski definition) is 1. The second-order valence-corrected chi connectivity index (χ2v) is 3.19. The summed E-state index contributed by atoms with van der Waals surface area (Å²) in [5.41, 5.74) is 2.90. The molecule has 0 unspecified atom stereocenters. The van der Waals surface area contributed by atoms with Gasteiger partial charge in [0.15, 0.2) is 0 Å². The van der Waals surface area contributed by atoms with Gasteiger partial charge in [-0.05, 0) is 6.07 Å². The van der Waals surface area contributed by atoms with E-state index < -0.39 is 0 Å². The highest BCUT2D eigenvalue weighted by molar-refractivity contribution is 5.33. The first-order valence-corrected chi connectivity index (χ1v) is 4.61. The van der Waals surface area contributed by atoms with E-state index in [1.54, 1.807) is 22.3 Å². The molecule has 1 aliphatic rings. The molecule has 0 saturated carbocycles. The Bertz CT molecular complexity index is 572. The summed E-state index contributed by atoms with van der Waals surface area (Å²) in [6.45, 7) is 0. The van der Waals surface area contributed by atoms with Crippen molar-refractivity contribution in [2.24, 2.45) is 5.10 Å². The molecule has 5 nitrogen and oxygen atoms in total. The van der Waals surface area contributed by atoms with E-state index in [1.165, 1.54) is 0 Å². The van der Waals surface area contributed by atoms with Crippen molar-refractivity contribution in [1.29, 1.82) is 0 Å². The molecule has 1 N–H and O–H groups in total. The van der Waals surface area contributed by atoms with Crippen molar-refractivity contribution in [3.8, 4) is 0 Å². The predicted molar refractivity (Wildman–Crippen MR) is 55.3 cm³/mol. The van der Waals surface area contributed by atoms with Crippen molar-refractivity contribution in [3.05, 3.63) is 53.6 Å². The molecule has 0 saturated heterocycles. The average molecular weight is 199 g/mol. The van der Waals surface area contributed by atoms with E-state index in [2.05, 4.69) is 15.6 Å². The van der Waals surface area contributed by atoms with Gasteiger partial charge < -0.3 is 0 Å². The van der Waals surface area contributed by atoms with E-state index in [4.69, 9.17) is 0 Å². The SMILES string of the molecule is C1=c2ccccc2=NNN1n1ccnc1. The zero-order valence-electron chi connectivity index (χ0n) is 7.91. The van der Waals surface area contributed by atoms with Crippen LogP contribution >= 0.6 is 0 Å². The second-order valence-electron chi connectivity index (χ2n) is 3.19. The number of benzene rings is 1. The Morgan fingerprint density at radius 3 is 3.00 bits per heavy atom. The summed E-state index contributed by atoms with van der Waals surface area (Å²) in [5, 5.41) is 8.00. The van der Waals surface area contributed by atoms with Gasteiger partial charge in [-0.25, -0.2) is 9.66 Å². The molecule has 0 spiro atoms. The van der Waals surface area contributed by atoms with Crippen LogP contribution in [0.3, 0.4) is 0 Å². The summed E-state index contributed by atoms with van der Waals surface area (Å²) >= 11 is 0. The molecule has 5 heteroatoms. The molecule has 2 aromatic rings. The zero-order valence-corrected chi connectivity index (χ0v) is 7.91. The molecule has 74 valence electrons. The Morgan fingerprint density at radius 2 is 2.13 bits per heavy atom. The van der Waals surface area contributed by atoms with Gasteiger partial charge in [-0.3, -0.25) is 0 Å². The number of fused-ring (bicyclic) bond motifs is 1. The van der Waals surface area contributed by atoms with E-state index >= 15 is 0 Å². The Balaban J connectivity index is 2.11. The molecule has 0 amide bonds. The van der Waals surface area contributed by atoms with Gasteiger partial charge in [-0.15, -0.1) is 0 Å². The summed E-state index contributed by atoms with van der Waals surface area (Å²) in [7, 11) is 0. The smallest absolute Gasteiger partial charge is 0.116 e. The van der Waals surface area contributed by atoms with Crippen molar-refractivity contribution < 1.29 is 0 Å². The molecule has 1 aromatic carbocycles. The third kappa shape index (κ3) is 1.34. The van der Waals surface area contributed by atoms with Crippen LogP contribution in [-0.4, -0.2) is 9.66 Å². The molecule has 0 atom stereocenters. The van der Waals surface area contributed by atoms with Crippen molar-refractivity contribution in [1.82, 2.24) is 15.2 Å². The van der Waals surface area contributed by atoms with E-state index in [1.807, 2.05) is 36.7 Å². The topological polar surface area (TPSA) is 45.5 Å². The second kappa shape index (κ2) is 3.13. The standard InChI is InChI=1S/C10H9N5/c1-2-4-10-9(3-1)7-15(13-12-10)14-6-5-11-8-14/h1-8,13H. The normalized spacial score (nSPS) is 13.5. The minimum absolute atomic E-state index is 0.939. The zero-order chi connectivity index (χ0) is 10.1. The first kappa shape index (κ1) is 8.05. The molecule has 15 heavy (non-hydrogen) atoms. The quantitative estimate of drug-likeness (QED) is 0.661. The first-order chi connectivity index (χ1) is 7.43. The highest BCUT2D eigenvalue weighted by Gasteiger charge is 2.02. The van der Waals surface area contributed by atoms with Gasteiger partial charge in [-0.2, -0.15) is 15.8 Å². The number of nitrogens with one attached hydrogen (secondary N) is 1. The maximum absolute atomic E-state index is 4.23. The fraction of sp³-hybridized carbons (Fsp3) is 0. The minimum Gasteiger partial charge on any atom is -0.243 e. The lowest BCUT2D eigenvalue weighted by atomic mass is 10.3. The highest BCUT2D eigenvalue weighted by atomic mass is 15.8. The third-order valence-electron chi connectivity index (χ3n) is 2.21. The number of para-hydroxylation sites is 1. The number of nitrogens with zero attached hydrogens (tertiary/aromatic N) is 4. The fourth-order valence-corrected chi connectivity index (χ4v) is 1.46. The van der Waals surface area contributed by atoms with Gasteiger partial charge in [0.1, 0.15) is 6.33 Å². The van der Waals surface area contributed by atoms with Crippen molar-refractivity contribution >= 4 is 6.20 Å². The molecular weight excluding hydrogens is 190 g/mol. The highest BCUT2D eigenvalue weighted by Crippen LogP contribution is 1.89. The Labute approximate surface area is 85.9 Å². The Morgan fingerprint density at radius 1 is 1.20 bits per heavy atom. The van der Waals surface area contributed by atoms with E-state index in [0.717, 1.165) is 10.6 Å². The summed E-state index contributed by atoms with van der Waals surface area (Å²) in [5.74, 6) is 0. The summed E-state index contributed by atoms with van der Waals surface area (Å²) in [6.07, 6.45) is 7.22. The van der Waals surface area contributed by atoms with Crippen molar-refractivity contribution in [2.75, 3.05) is 5.12 Å². The van der Waals surface area contributed by atoms with Crippen molar-refractivity contribution in [3.63, 3.8) is 0 Å². The predicted octanol–water partition coefficient (Wildman–Crippen LogP) is -0.688. The van der Waals surface area contributed by atoms with Crippen LogP contribution in [0.2, 0.25) is 0 Å². The van der Waals surface area contributed by atoms with Gasteiger partial charge in [0, 0.05) is 17.6 Å². The molecule has 0 fully saturated rings. The minimum atomic E-state index is 0.939. The number of hydrogen-bond acceptors (Lipinski definition) is 4. The van der Waals surface area contributed by atoms with Gasteiger partial charge in [0.2, 0.25) is 0 Å². The van der Waals surface area contributed by atoms with Gasteiger partial charge in [-0.1, -0.05) is 18.2 Å². The van der Waals surface area contributed by atoms with Crippen LogP contribution < -0.4 is 21.2 Å². The monoisotopic (exact) mass is 199 g/mol. The van der Waals surface area contributed by atoms with Crippen LogP contribution in [0.15, 0.2) is 48.1 Å². The number of imidazole rings is 1. The largest absolute Gasteiger partial charge is 0.243 e. The van der Waals surface area contributed by atoms with Gasteiger partial charge >= 0.3 is 0 Å². The lowest BCUT2D eigenvalue weighted by molar-refractivity contribution is 0.572. The van der Waals surface area contributed by atoms with E-state index in [-0.39, 0.29) is 0 Å². The maximum atomic E-state index is 4.23. The van der Waals surface area contributed by atoms with Crippen LogP contribution in [0.5, 0.6) is 0 Å². The van der Waals surface area contributed by atoms with E-state index in [9.17, 15) is 0 Å².